The van der Waals surface area contributed by atoms with Crippen molar-refractivity contribution in [1.29, 1.82) is 0 Å². The summed E-state index contributed by atoms with van der Waals surface area (Å²) in [6.07, 6.45) is 0. The Labute approximate surface area is 130 Å². The van der Waals surface area contributed by atoms with E-state index in [4.69, 9.17) is 0 Å². The first-order chi connectivity index (χ1) is 8.97. The number of hydrogen-bond donors (Lipinski definition) is 1. The summed E-state index contributed by atoms with van der Waals surface area (Å²) in [5.74, 6) is -1.59. The largest absolute Gasteiger partial charge is 0.321 e. The van der Waals surface area contributed by atoms with Crippen LogP contribution in [0.25, 0.3) is 0 Å². The maximum atomic E-state index is 13.6. The number of carbonyl (C=O) groups excluding carboxylic acids is 1. The van der Waals surface area contributed by atoms with Crippen LogP contribution in [0.2, 0.25) is 0 Å². The van der Waals surface area contributed by atoms with Gasteiger partial charge in [0.2, 0.25) is 0 Å². The Morgan fingerprint density at radius 1 is 1.16 bits per heavy atom. The SMILES string of the molecule is O=C(Nc1ccc(F)cc1I)c1ccc(Br)cc1F. The molecule has 2 rings (SSSR count). The van der Waals surface area contributed by atoms with Gasteiger partial charge in [0.15, 0.2) is 0 Å². The Bertz CT molecular complexity index is 649. The van der Waals surface area contributed by atoms with Gasteiger partial charge in [-0.1, -0.05) is 15.9 Å². The third-order valence-corrected chi connectivity index (χ3v) is 3.74. The van der Waals surface area contributed by atoms with E-state index < -0.39 is 17.5 Å². The summed E-state index contributed by atoms with van der Waals surface area (Å²) in [6, 6.07) is 8.12. The lowest BCUT2D eigenvalue weighted by Crippen LogP contribution is -2.14. The van der Waals surface area contributed by atoms with Gasteiger partial charge in [-0.3, -0.25) is 4.79 Å². The number of rotatable bonds is 2. The minimum Gasteiger partial charge on any atom is -0.321 e. The average molecular weight is 438 g/mol. The maximum absolute atomic E-state index is 13.6. The van der Waals surface area contributed by atoms with Gasteiger partial charge in [-0.2, -0.15) is 0 Å². The van der Waals surface area contributed by atoms with Crippen molar-refractivity contribution in [2.45, 2.75) is 0 Å². The molecule has 0 radical (unpaired) electrons. The van der Waals surface area contributed by atoms with E-state index in [1.807, 2.05) is 22.6 Å². The molecular formula is C13H7BrF2INO. The fourth-order valence-electron chi connectivity index (χ4n) is 1.45. The smallest absolute Gasteiger partial charge is 0.258 e. The second-order valence-corrected chi connectivity index (χ2v) is 5.78. The number of nitrogens with one attached hydrogen (secondary N) is 1. The molecule has 2 aromatic rings. The summed E-state index contributed by atoms with van der Waals surface area (Å²) in [6.45, 7) is 0. The van der Waals surface area contributed by atoms with Crippen LogP contribution in [-0.4, -0.2) is 5.91 Å². The highest BCUT2D eigenvalue weighted by Gasteiger charge is 2.13. The van der Waals surface area contributed by atoms with E-state index >= 15 is 0 Å². The van der Waals surface area contributed by atoms with Crippen LogP contribution in [0.15, 0.2) is 40.9 Å². The zero-order chi connectivity index (χ0) is 14.0. The number of anilines is 1. The van der Waals surface area contributed by atoms with E-state index in [-0.39, 0.29) is 5.56 Å². The molecule has 0 aliphatic heterocycles. The molecule has 0 aliphatic rings. The van der Waals surface area contributed by atoms with Crippen LogP contribution in [0.3, 0.4) is 0 Å². The molecule has 0 spiro atoms. The van der Waals surface area contributed by atoms with E-state index in [1.165, 1.54) is 30.3 Å². The summed E-state index contributed by atoms with van der Waals surface area (Å²) in [7, 11) is 0. The molecule has 0 saturated carbocycles. The first-order valence-corrected chi connectivity index (χ1v) is 7.06. The minimum absolute atomic E-state index is 0.0664. The lowest BCUT2D eigenvalue weighted by atomic mass is 10.2. The fourth-order valence-corrected chi connectivity index (χ4v) is 2.40. The Hall–Kier alpha value is -1.02. The van der Waals surface area contributed by atoms with Crippen molar-refractivity contribution in [3.63, 3.8) is 0 Å². The molecule has 19 heavy (non-hydrogen) atoms. The van der Waals surface area contributed by atoms with Crippen LogP contribution in [0.5, 0.6) is 0 Å². The lowest BCUT2D eigenvalue weighted by molar-refractivity contribution is 0.102. The van der Waals surface area contributed by atoms with Crippen molar-refractivity contribution in [1.82, 2.24) is 0 Å². The van der Waals surface area contributed by atoms with Crippen molar-refractivity contribution in [2.24, 2.45) is 0 Å². The quantitative estimate of drug-likeness (QED) is 0.684. The summed E-state index contributed by atoms with van der Waals surface area (Å²) < 4.78 is 27.6. The van der Waals surface area contributed by atoms with Crippen LogP contribution in [0.4, 0.5) is 14.5 Å². The van der Waals surface area contributed by atoms with Gasteiger partial charge in [0.25, 0.3) is 5.91 Å². The number of amides is 1. The monoisotopic (exact) mass is 437 g/mol. The Kier molecular flexibility index (Phi) is 4.51. The summed E-state index contributed by atoms with van der Waals surface area (Å²) in [5.41, 5.74) is 0.373. The molecule has 6 heteroatoms. The van der Waals surface area contributed by atoms with E-state index in [0.29, 0.717) is 13.7 Å². The molecule has 2 nitrogen and oxygen atoms in total. The van der Waals surface area contributed by atoms with Crippen molar-refractivity contribution in [3.05, 3.63) is 61.6 Å². The van der Waals surface area contributed by atoms with Crippen molar-refractivity contribution < 1.29 is 13.6 Å². The van der Waals surface area contributed by atoms with Gasteiger partial charge >= 0.3 is 0 Å². The van der Waals surface area contributed by atoms with Gasteiger partial charge in [0, 0.05) is 8.04 Å². The third kappa shape index (κ3) is 3.50. The van der Waals surface area contributed by atoms with Gasteiger partial charge in [-0.05, 0) is 59.0 Å². The molecule has 0 atom stereocenters. The number of hydrogen-bond acceptors (Lipinski definition) is 1. The predicted octanol–water partition coefficient (Wildman–Crippen LogP) is 4.58. The zero-order valence-electron chi connectivity index (χ0n) is 9.38. The number of halogens is 4. The van der Waals surface area contributed by atoms with Crippen LogP contribution in [0, 0.1) is 15.2 Å². The number of benzene rings is 2. The van der Waals surface area contributed by atoms with Gasteiger partial charge in [-0.25, -0.2) is 8.78 Å². The molecule has 2 aromatic carbocycles. The third-order valence-electron chi connectivity index (χ3n) is 2.36. The first-order valence-electron chi connectivity index (χ1n) is 5.19. The highest BCUT2D eigenvalue weighted by molar-refractivity contribution is 14.1. The second-order valence-electron chi connectivity index (χ2n) is 3.70. The number of carbonyl (C=O) groups is 1. The Morgan fingerprint density at radius 2 is 1.89 bits per heavy atom. The van der Waals surface area contributed by atoms with Gasteiger partial charge in [0.1, 0.15) is 11.6 Å². The van der Waals surface area contributed by atoms with Crippen LogP contribution in [-0.2, 0) is 0 Å². The Morgan fingerprint density at radius 3 is 2.53 bits per heavy atom. The molecule has 0 aromatic heterocycles. The zero-order valence-corrected chi connectivity index (χ0v) is 13.1. The van der Waals surface area contributed by atoms with E-state index in [0.717, 1.165) is 0 Å². The van der Waals surface area contributed by atoms with Crippen LogP contribution >= 0.6 is 38.5 Å². The van der Waals surface area contributed by atoms with Crippen molar-refractivity contribution in [3.8, 4) is 0 Å². The lowest BCUT2D eigenvalue weighted by Gasteiger charge is -2.08. The first kappa shape index (κ1) is 14.4. The van der Waals surface area contributed by atoms with E-state index in [2.05, 4.69) is 21.2 Å². The summed E-state index contributed by atoms with van der Waals surface area (Å²) in [5, 5.41) is 2.55. The van der Waals surface area contributed by atoms with Crippen molar-refractivity contribution in [2.75, 3.05) is 5.32 Å². The van der Waals surface area contributed by atoms with Gasteiger partial charge in [-0.15, -0.1) is 0 Å². The molecule has 0 bridgehead atoms. The highest BCUT2D eigenvalue weighted by atomic mass is 127. The second kappa shape index (κ2) is 5.96. The Balaban J connectivity index is 2.25. The van der Waals surface area contributed by atoms with Gasteiger partial charge < -0.3 is 5.32 Å². The molecule has 0 fully saturated rings. The molecule has 0 saturated heterocycles. The molecular weight excluding hydrogens is 431 g/mol. The summed E-state index contributed by atoms with van der Waals surface area (Å²) in [4.78, 5) is 11.9. The van der Waals surface area contributed by atoms with E-state index in [1.54, 1.807) is 6.07 Å². The molecule has 0 unspecified atom stereocenters. The average Bonchev–Trinajstić information content (AvgIpc) is 2.32. The molecule has 0 aliphatic carbocycles. The molecule has 98 valence electrons. The molecule has 0 heterocycles. The fraction of sp³-hybridized carbons (Fsp3) is 0. The highest BCUT2D eigenvalue weighted by Crippen LogP contribution is 2.21. The molecule has 1 N–H and O–H groups in total. The standard InChI is InChI=1S/C13H7BrF2INO/c14-7-1-3-9(10(16)5-7)13(19)18-12-4-2-8(15)6-11(12)17/h1-6H,(H,18,19). The predicted molar refractivity (Wildman–Crippen MR) is 81.2 cm³/mol. The van der Waals surface area contributed by atoms with E-state index in [9.17, 15) is 13.6 Å². The maximum Gasteiger partial charge on any atom is 0.258 e. The van der Waals surface area contributed by atoms with Crippen LogP contribution in [0.1, 0.15) is 10.4 Å². The van der Waals surface area contributed by atoms with Crippen molar-refractivity contribution >= 4 is 50.1 Å². The summed E-state index contributed by atoms with van der Waals surface area (Å²) >= 11 is 5.01. The minimum atomic E-state index is -0.621. The normalized spacial score (nSPS) is 10.3. The topological polar surface area (TPSA) is 29.1 Å². The molecule has 1 amide bonds. The van der Waals surface area contributed by atoms with Crippen LogP contribution < -0.4 is 5.32 Å². The van der Waals surface area contributed by atoms with Gasteiger partial charge in [0.05, 0.1) is 11.3 Å².